The van der Waals surface area contributed by atoms with E-state index in [1.807, 2.05) is 0 Å². The van der Waals surface area contributed by atoms with E-state index < -0.39 is 5.69 Å². The van der Waals surface area contributed by atoms with Gasteiger partial charge in [0.25, 0.3) is 5.56 Å². The minimum absolute atomic E-state index is 0.200. The van der Waals surface area contributed by atoms with Gasteiger partial charge < -0.3 is 15.0 Å². The average molecular weight is 267 g/mol. The number of fused-ring (bicyclic) bond motifs is 1. The van der Waals surface area contributed by atoms with Crippen LogP contribution < -0.4 is 17.0 Å². The fourth-order valence-corrected chi connectivity index (χ4v) is 2.04. The maximum absolute atomic E-state index is 12.2. The van der Waals surface area contributed by atoms with E-state index in [-0.39, 0.29) is 11.5 Å². The Morgan fingerprint density at radius 1 is 1.32 bits per heavy atom. The lowest BCUT2D eigenvalue weighted by molar-refractivity contribution is 0.186. The number of anilines is 1. The van der Waals surface area contributed by atoms with Crippen LogP contribution >= 0.6 is 0 Å². The molecule has 2 N–H and O–H groups in total. The van der Waals surface area contributed by atoms with Crippen LogP contribution in [0.15, 0.2) is 9.59 Å². The summed E-state index contributed by atoms with van der Waals surface area (Å²) in [6.45, 7) is 2.72. The number of hydrogen-bond acceptors (Lipinski definition) is 5. The molecule has 0 spiro atoms. The molecule has 0 aliphatic carbocycles. The number of aromatic nitrogens is 4. The highest BCUT2D eigenvalue weighted by molar-refractivity contribution is 5.73. The fraction of sp³-hybridized carbons (Fsp3) is 0.545. The summed E-state index contributed by atoms with van der Waals surface area (Å²) in [7, 11) is 3.20. The zero-order valence-corrected chi connectivity index (χ0v) is 11.2. The Balaban J connectivity index is 2.89. The topological polar surface area (TPSA) is 97.1 Å². The van der Waals surface area contributed by atoms with Crippen LogP contribution in [0.5, 0.6) is 0 Å². The maximum atomic E-state index is 12.2. The Labute approximate surface area is 109 Å². The standard InChI is InChI=1S/C11H17N5O3/c1-4-15-9(17)7-8(13-10(12)14(7)2)16(11(15)18)5-6-19-3/h4-6H2,1-3H3,(H2,12,13). The van der Waals surface area contributed by atoms with Crippen LogP contribution in [-0.4, -0.2) is 32.4 Å². The number of hydrogen-bond donors (Lipinski definition) is 1. The Morgan fingerprint density at radius 2 is 2.00 bits per heavy atom. The largest absolute Gasteiger partial charge is 0.383 e. The first kappa shape index (κ1) is 13.3. The van der Waals surface area contributed by atoms with Gasteiger partial charge >= 0.3 is 5.69 Å². The van der Waals surface area contributed by atoms with Gasteiger partial charge in [-0.25, -0.2) is 4.79 Å². The highest BCUT2D eigenvalue weighted by Gasteiger charge is 2.17. The lowest BCUT2D eigenvalue weighted by atomic mass is 10.4. The van der Waals surface area contributed by atoms with Crippen LogP contribution in [-0.2, 0) is 24.9 Å². The summed E-state index contributed by atoms with van der Waals surface area (Å²) in [5.41, 5.74) is 5.58. The minimum atomic E-state index is -0.393. The molecular weight excluding hydrogens is 250 g/mol. The second-order valence-electron chi connectivity index (χ2n) is 4.18. The summed E-state index contributed by atoms with van der Waals surface area (Å²) in [4.78, 5) is 28.6. The molecule has 8 heteroatoms. The van der Waals surface area contributed by atoms with E-state index >= 15 is 0 Å². The van der Waals surface area contributed by atoms with Gasteiger partial charge in [-0.1, -0.05) is 0 Å². The molecule has 0 aromatic carbocycles. The van der Waals surface area contributed by atoms with Crippen molar-refractivity contribution in [3.8, 4) is 0 Å². The van der Waals surface area contributed by atoms with Gasteiger partial charge in [0.05, 0.1) is 13.2 Å². The van der Waals surface area contributed by atoms with Gasteiger partial charge in [-0.3, -0.25) is 13.9 Å². The third-order valence-corrected chi connectivity index (χ3v) is 3.11. The third-order valence-electron chi connectivity index (χ3n) is 3.11. The number of nitrogens with zero attached hydrogens (tertiary/aromatic N) is 4. The normalized spacial score (nSPS) is 11.3. The smallest absolute Gasteiger partial charge is 0.332 e. The van der Waals surface area contributed by atoms with Crippen LogP contribution in [0.2, 0.25) is 0 Å². The molecule has 0 bridgehead atoms. The predicted molar refractivity (Wildman–Crippen MR) is 71.2 cm³/mol. The second-order valence-corrected chi connectivity index (χ2v) is 4.18. The minimum Gasteiger partial charge on any atom is -0.383 e. The molecule has 104 valence electrons. The number of methoxy groups -OCH3 is 1. The second kappa shape index (κ2) is 4.88. The van der Waals surface area contributed by atoms with Crippen molar-refractivity contribution in [3.05, 3.63) is 20.8 Å². The number of ether oxygens (including phenoxy) is 1. The number of imidazole rings is 1. The Hall–Kier alpha value is -2.09. The van der Waals surface area contributed by atoms with Gasteiger partial charge in [-0.15, -0.1) is 0 Å². The highest BCUT2D eigenvalue weighted by Crippen LogP contribution is 2.10. The first-order valence-electron chi connectivity index (χ1n) is 5.97. The average Bonchev–Trinajstić information content (AvgIpc) is 2.66. The van der Waals surface area contributed by atoms with Gasteiger partial charge in [-0.05, 0) is 6.92 Å². The van der Waals surface area contributed by atoms with Gasteiger partial charge in [-0.2, -0.15) is 4.98 Å². The van der Waals surface area contributed by atoms with Crippen molar-refractivity contribution in [2.45, 2.75) is 20.0 Å². The molecular formula is C11H17N5O3. The quantitative estimate of drug-likeness (QED) is 0.778. The molecule has 2 heterocycles. The number of aryl methyl sites for hydroxylation is 1. The van der Waals surface area contributed by atoms with E-state index in [1.165, 1.54) is 13.7 Å². The molecule has 0 saturated heterocycles. The lowest BCUT2D eigenvalue weighted by Gasteiger charge is -2.09. The van der Waals surface area contributed by atoms with E-state index in [4.69, 9.17) is 10.5 Å². The maximum Gasteiger partial charge on any atom is 0.332 e. The van der Waals surface area contributed by atoms with Crippen molar-refractivity contribution in [2.75, 3.05) is 19.5 Å². The molecule has 0 fully saturated rings. The van der Waals surface area contributed by atoms with E-state index in [9.17, 15) is 9.59 Å². The van der Waals surface area contributed by atoms with Crippen LogP contribution in [0.3, 0.4) is 0 Å². The first-order chi connectivity index (χ1) is 9.02. The molecule has 8 nitrogen and oxygen atoms in total. The molecule has 2 aromatic heterocycles. The molecule has 19 heavy (non-hydrogen) atoms. The van der Waals surface area contributed by atoms with Crippen LogP contribution in [0, 0.1) is 0 Å². The molecule has 0 aliphatic heterocycles. The SMILES string of the molecule is CCn1c(=O)c2c(nc(N)n2C)n(CCOC)c1=O. The van der Waals surface area contributed by atoms with Crippen LogP contribution in [0.4, 0.5) is 5.95 Å². The predicted octanol–water partition coefficient (Wildman–Crippen LogP) is -0.855. The number of nitrogens with two attached hydrogens (primary N) is 1. The summed E-state index contributed by atoms with van der Waals surface area (Å²) < 4.78 is 9.05. The molecule has 0 aliphatic rings. The van der Waals surface area contributed by atoms with Gasteiger partial charge in [0, 0.05) is 20.7 Å². The summed E-state index contributed by atoms with van der Waals surface area (Å²) in [6.07, 6.45) is 0. The number of rotatable bonds is 4. The Kier molecular flexibility index (Phi) is 3.43. The fourth-order valence-electron chi connectivity index (χ4n) is 2.04. The number of nitrogen functional groups attached to an aromatic ring is 1. The Bertz CT molecular complexity index is 724. The van der Waals surface area contributed by atoms with Crippen molar-refractivity contribution in [3.63, 3.8) is 0 Å². The third kappa shape index (κ3) is 1.93. The lowest BCUT2D eigenvalue weighted by Crippen LogP contribution is -2.40. The molecule has 0 radical (unpaired) electrons. The molecule has 2 aromatic rings. The van der Waals surface area contributed by atoms with E-state index in [1.54, 1.807) is 21.1 Å². The first-order valence-corrected chi connectivity index (χ1v) is 5.97. The summed E-state index contributed by atoms with van der Waals surface area (Å²) in [6, 6.07) is 0. The summed E-state index contributed by atoms with van der Waals surface area (Å²) in [5, 5.41) is 0. The van der Waals surface area contributed by atoms with Gasteiger partial charge in [0.15, 0.2) is 11.2 Å². The highest BCUT2D eigenvalue weighted by atomic mass is 16.5. The molecule has 0 unspecified atom stereocenters. The van der Waals surface area contributed by atoms with Gasteiger partial charge in [0.2, 0.25) is 5.95 Å². The van der Waals surface area contributed by atoms with Crippen molar-refractivity contribution >= 4 is 17.1 Å². The zero-order chi connectivity index (χ0) is 14.2. The zero-order valence-electron chi connectivity index (χ0n) is 11.2. The van der Waals surface area contributed by atoms with Gasteiger partial charge in [0.1, 0.15) is 0 Å². The van der Waals surface area contributed by atoms with Crippen molar-refractivity contribution in [1.82, 2.24) is 18.7 Å². The summed E-state index contributed by atoms with van der Waals surface area (Å²) in [5.74, 6) is 0.200. The van der Waals surface area contributed by atoms with E-state index in [0.717, 1.165) is 0 Å². The van der Waals surface area contributed by atoms with Crippen LogP contribution in [0.25, 0.3) is 11.2 Å². The molecule has 0 atom stereocenters. The molecule has 2 rings (SSSR count). The Morgan fingerprint density at radius 3 is 2.58 bits per heavy atom. The van der Waals surface area contributed by atoms with Crippen LogP contribution in [0.1, 0.15) is 6.92 Å². The van der Waals surface area contributed by atoms with Crippen molar-refractivity contribution in [2.24, 2.45) is 7.05 Å². The van der Waals surface area contributed by atoms with E-state index in [0.29, 0.717) is 30.9 Å². The van der Waals surface area contributed by atoms with Crippen molar-refractivity contribution in [1.29, 1.82) is 0 Å². The summed E-state index contributed by atoms with van der Waals surface area (Å²) >= 11 is 0. The molecule has 0 amide bonds. The van der Waals surface area contributed by atoms with E-state index in [2.05, 4.69) is 4.98 Å². The monoisotopic (exact) mass is 267 g/mol. The molecule has 0 saturated carbocycles. The van der Waals surface area contributed by atoms with Crippen molar-refractivity contribution < 1.29 is 4.74 Å².